The van der Waals surface area contributed by atoms with Gasteiger partial charge in [-0.1, -0.05) is 12.1 Å². The molecular formula is C21H23N3O2S. The van der Waals surface area contributed by atoms with Gasteiger partial charge in [0.1, 0.15) is 10.8 Å². The van der Waals surface area contributed by atoms with Crippen LogP contribution in [-0.4, -0.2) is 53.5 Å². The quantitative estimate of drug-likeness (QED) is 0.677. The lowest BCUT2D eigenvalue weighted by Gasteiger charge is -2.34. The zero-order valence-electron chi connectivity index (χ0n) is 15.4. The molecule has 0 saturated carbocycles. The number of rotatable bonds is 5. The van der Waals surface area contributed by atoms with Crippen molar-refractivity contribution in [1.29, 1.82) is 0 Å². The minimum absolute atomic E-state index is 0.0951. The first-order chi connectivity index (χ1) is 13.2. The summed E-state index contributed by atoms with van der Waals surface area (Å²) in [5.41, 5.74) is 1.79. The van der Waals surface area contributed by atoms with Crippen molar-refractivity contribution in [2.75, 3.05) is 32.8 Å². The molecule has 2 heterocycles. The Morgan fingerprint density at radius 1 is 1.07 bits per heavy atom. The van der Waals surface area contributed by atoms with Gasteiger partial charge in [-0.25, -0.2) is 4.98 Å². The molecule has 1 saturated heterocycles. The van der Waals surface area contributed by atoms with Crippen molar-refractivity contribution in [3.05, 3.63) is 59.1 Å². The van der Waals surface area contributed by atoms with Crippen molar-refractivity contribution in [2.24, 2.45) is 0 Å². The first kappa shape index (κ1) is 17.9. The summed E-state index contributed by atoms with van der Waals surface area (Å²) in [6.07, 6.45) is 0. The van der Waals surface area contributed by atoms with Crippen molar-refractivity contribution in [1.82, 2.24) is 14.8 Å². The second-order valence-corrected chi connectivity index (χ2v) is 7.72. The third-order valence-electron chi connectivity index (χ3n) is 4.77. The van der Waals surface area contributed by atoms with Crippen LogP contribution in [0.1, 0.15) is 22.3 Å². The van der Waals surface area contributed by atoms with Crippen molar-refractivity contribution in [3.63, 3.8) is 0 Å². The van der Waals surface area contributed by atoms with Gasteiger partial charge in [0, 0.05) is 31.7 Å². The van der Waals surface area contributed by atoms with Crippen LogP contribution in [0.25, 0.3) is 10.2 Å². The molecular weight excluding hydrogens is 358 g/mol. The van der Waals surface area contributed by atoms with E-state index in [0.29, 0.717) is 6.61 Å². The number of carbonyl (C=O) groups is 1. The zero-order valence-corrected chi connectivity index (χ0v) is 16.2. The third kappa shape index (κ3) is 4.12. The van der Waals surface area contributed by atoms with Gasteiger partial charge in [-0.2, -0.15) is 0 Å². The molecule has 5 nitrogen and oxygen atoms in total. The van der Waals surface area contributed by atoms with E-state index in [-0.39, 0.29) is 5.91 Å². The third-order valence-corrected chi connectivity index (χ3v) is 5.79. The van der Waals surface area contributed by atoms with Crippen LogP contribution in [0.4, 0.5) is 0 Å². The maximum absolute atomic E-state index is 12.7. The number of hydrogen-bond acceptors (Lipinski definition) is 5. The second kappa shape index (κ2) is 8.06. The highest BCUT2D eigenvalue weighted by atomic mass is 32.1. The van der Waals surface area contributed by atoms with Crippen molar-refractivity contribution in [3.8, 4) is 5.75 Å². The Balaban J connectivity index is 1.33. The highest BCUT2D eigenvalue weighted by Crippen LogP contribution is 2.23. The van der Waals surface area contributed by atoms with Crippen molar-refractivity contribution < 1.29 is 9.53 Å². The predicted molar refractivity (Wildman–Crippen MR) is 108 cm³/mol. The molecule has 0 spiro atoms. The molecule has 0 bridgehead atoms. The minimum atomic E-state index is 0.0951. The summed E-state index contributed by atoms with van der Waals surface area (Å²) in [6.45, 7) is 6.67. The number of thiazole rings is 1. The first-order valence-electron chi connectivity index (χ1n) is 9.32. The summed E-state index contributed by atoms with van der Waals surface area (Å²) in [5.74, 6) is 0.896. The molecule has 3 aromatic rings. The maximum atomic E-state index is 12.7. The maximum Gasteiger partial charge on any atom is 0.253 e. The number of fused-ring (bicyclic) bond motifs is 1. The predicted octanol–water partition coefficient (Wildman–Crippen LogP) is 3.65. The average molecular weight is 382 g/mol. The minimum Gasteiger partial charge on any atom is -0.494 e. The number of aromatic nitrogens is 1. The Morgan fingerprint density at radius 3 is 2.52 bits per heavy atom. The monoisotopic (exact) mass is 381 g/mol. The molecule has 1 aromatic heterocycles. The van der Waals surface area contributed by atoms with Gasteiger partial charge in [0.2, 0.25) is 0 Å². The summed E-state index contributed by atoms with van der Waals surface area (Å²) >= 11 is 1.75. The number of ether oxygens (including phenoxy) is 1. The molecule has 0 radical (unpaired) electrons. The number of hydrogen-bond donors (Lipinski definition) is 0. The SMILES string of the molecule is CCOc1ccc(C(=O)N2CCN(Cc3nc4ccccc4s3)CC2)cc1. The van der Waals surface area contributed by atoms with Crippen LogP contribution in [0.3, 0.4) is 0 Å². The van der Waals surface area contributed by atoms with Crippen LogP contribution >= 0.6 is 11.3 Å². The fourth-order valence-electron chi connectivity index (χ4n) is 3.33. The lowest BCUT2D eigenvalue weighted by molar-refractivity contribution is 0.0628. The zero-order chi connectivity index (χ0) is 18.6. The van der Waals surface area contributed by atoms with Crippen LogP contribution in [0.2, 0.25) is 0 Å². The first-order valence-corrected chi connectivity index (χ1v) is 10.1. The van der Waals surface area contributed by atoms with Crippen molar-refractivity contribution in [2.45, 2.75) is 13.5 Å². The second-order valence-electron chi connectivity index (χ2n) is 6.60. The van der Waals surface area contributed by atoms with Crippen LogP contribution in [-0.2, 0) is 6.54 Å². The average Bonchev–Trinajstić information content (AvgIpc) is 3.11. The molecule has 1 aliphatic rings. The van der Waals surface area contributed by atoms with Gasteiger partial charge >= 0.3 is 0 Å². The molecule has 1 amide bonds. The topological polar surface area (TPSA) is 45.7 Å². The standard InChI is InChI=1S/C21H23N3O2S/c1-2-26-17-9-7-16(8-10-17)21(25)24-13-11-23(12-14-24)15-20-22-18-5-3-4-6-19(18)27-20/h3-10H,2,11-15H2,1H3. The molecule has 0 N–H and O–H groups in total. The fraction of sp³-hybridized carbons (Fsp3) is 0.333. The Kier molecular flexibility index (Phi) is 5.36. The number of benzene rings is 2. The van der Waals surface area contributed by atoms with E-state index in [1.54, 1.807) is 11.3 Å². The molecule has 1 aliphatic heterocycles. The van der Waals surface area contributed by atoms with Crippen LogP contribution in [0, 0.1) is 0 Å². The largest absolute Gasteiger partial charge is 0.494 e. The Morgan fingerprint density at radius 2 is 1.81 bits per heavy atom. The molecule has 140 valence electrons. The summed E-state index contributed by atoms with van der Waals surface area (Å²) in [7, 11) is 0. The van der Waals surface area contributed by atoms with E-state index in [4.69, 9.17) is 9.72 Å². The smallest absolute Gasteiger partial charge is 0.253 e. The molecule has 0 aliphatic carbocycles. The lowest BCUT2D eigenvalue weighted by Crippen LogP contribution is -2.48. The Hall–Kier alpha value is -2.44. The van der Waals surface area contributed by atoms with Gasteiger partial charge in [0.25, 0.3) is 5.91 Å². The number of amides is 1. The molecule has 6 heteroatoms. The van der Waals surface area contributed by atoms with Gasteiger partial charge in [-0.15, -0.1) is 11.3 Å². The summed E-state index contributed by atoms with van der Waals surface area (Å²) in [6, 6.07) is 15.7. The highest BCUT2D eigenvalue weighted by Gasteiger charge is 2.22. The molecule has 1 fully saturated rings. The molecule has 0 atom stereocenters. The van der Waals surface area contributed by atoms with E-state index in [0.717, 1.165) is 54.6 Å². The van der Waals surface area contributed by atoms with E-state index in [1.807, 2.05) is 42.2 Å². The van der Waals surface area contributed by atoms with Gasteiger partial charge in [0.05, 0.1) is 23.4 Å². The van der Waals surface area contributed by atoms with E-state index in [9.17, 15) is 4.79 Å². The Bertz CT molecular complexity index is 882. The van der Waals surface area contributed by atoms with Crippen LogP contribution < -0.4 is 4.74 Å². The van der Waals surface area contributed by atoms with E-state index >= 15 is 0 Å². The van der Waals surface area contributed by atoms with Gasteiger partial charge in [-0.3, -0.25) is 9.69 Å². The lowest BCUT2D eigenvalue weighted by atomic mass is 10.1. The van der Waals surface area contributed by atoms with Gasteiger partial charge < -0.3 is 9.64 Å². The number of para-hydroxylation sites is 1. The molecule has 4 rings (SSSR count). The number of nitrogens with zero attached hydrogens (tertiary/aromatic N) is 3. The van der Waals surface area contributed by atoms with Crippen LogP contribution in [0.15, 0.2) is 48.5 Å². The number of carbonyl (C=O) groups excluding carboxylic acids is 1. The van der Waals surface area contributed by atoms with Gasteiger partial charge in [0.15, 0.2) is 0 Å². The molecule has 0 unspecified atom stereocenters. The van der Waals surface area contributed by atoms with E-state index in [1.165, 1.54) is 4.70 Å². The summed E-state index contributed by atoms with van der Waals surface area (Å²) < 4.78 is 6.68. The normalized spacial score (nSPS) is 15.2. The highest BCUT2D eigenvalue weighted by molar-refractivity contribution is 7.18. The van der Waals surface area contributed by atoms with Gasteiger partial charge in [-0.05, 0) is 43.3 Å². The number of piperazine rings is 1. The molecule has 2 aromatic carbocycles. The van der Waals surface area contributed by atoms with E-state index in [2.05, 4.69) is 23.1 Å². The van der Waals surface area contributed by atoms with Crippen molar-refractivity contribution >= 4 is 27.5 Å². The molecule has 27 heavy (non-hydrogen) atoms. The summed E-state index contributed by atoms with van der Waals surface area (Å²) in [5, 5.41) is 1.14. The fourth-order valence-corrected chi connectivity index (χ4v) is 4.34. The van der Waals surface area contributed by atoms with E-state index < -0.39 is 0 Å². The van der Waals surface area contributed by atoms with Crippen LogP contribution in [0.5, 0.6) is 5.75 Å². The summed E-state index contributed by atoms with van der Waals surface area (Å²) in [4.78, 5) is 21.7. The Labute approximate surface area is 163 Å².